The van der Waals surface area contributed by atoms with Crippen LogP contribution in [-0.4, -0.2) is 17.5 Å². The molecule has 0 aliphatic carbocycles. The maximum atomic E-state index is 5.74. The smallest absolute Gasteiger partial charge is 0.220 e. The molecule has 0 saturated heterocycles. The highest BCUT2D eigenvalue weighted by Gasteiger charge is 2.03. The molecule has 0 atom stereocenters. The molecule has 0 fully saturated rings. The Morgan fingerprint density at radius 1 is 1.05 bits per heavy atom. The van der Waals surface area contributed by atoms with Gasteiger partial charge in [-0.1, -0.05) is 30.3 Å². The molecule has 1 aromatic heterocycles. The first-order chi connectivity index (χ1) is 10.9. The van der Waals surface area contributed by atoms with Gasteiger partial charge < -0.3 is 9.15 Å². The van der Waals surface area contributed by atoms with Gasteiger partial charge in [-0.3, -0.25) is 0 Å². The van der Waals surface area contributed by atoms with Crippen LogP contribution >= 0.6 is 11.6 Å². The van der Waals surface area contributed by atoms with Gasteiger partial charge in [0.2, 0.25) is 5.89 Å². The zero-order chi connectivity index (χ0) is 15.2. The maximum Gasteiger partial charge on any atom is 0.220 e. The minimum absolute atomic E-state index is 0.580. The van der Waals surface area contributed by atoms with Gasteiger partial charge in [0.1, 0.15) is 11.3 Å². The number of benzene rings is 2. The van der Waals surface area contributed by atoms with E-state index in [2.05, 4.69) is 4.98 Å². The van der Waals surface area contributed by atoms with E-state index in [0.29, 0.717) is 18.4 Å². The standard InChI is InChI=1S/C18H16ClNO2/c19-12-5-13-21-16-8-3-1-6-14(16)10-11-18-20-15-7-2-4-9-17(15)22-18/h1-4,6-11H,5,12-13H2/b11-10+. The monoisotopic (exact) mass is 313 g/mol. The highest BCUT2D eigenvalue weighted by Crippen LogP contribution is 2.22. The summed E-state index contributed by atoms with van der Waals surface area (Å²) in [7, 11) is 0. The van der Waals surface area contributed by atoms with Crippen molar-refractivity contribution in [1.82, 2.24) is 4.98 Å². The second-order valence-corrected chi connectivity index (χ2v) is 5.16. The fourth-order valence-corrected chi connectivity index (χ4v) is 2.22. The van der Waals surface area contributed by atoms with Crippen molar-refractivity contribution in [1.29, 1.82) is 0 Å². The minimum Gasteiger partial charge on any atom is -0.493 e. The van der Waals surface area contributed by atoms with E-state index in [1.807, 2.05) is 60.7 Å². The Hall–Kier alpha value is -2.26. The molecule has 3 nitrogen and oxygen atoms in total. The topological polar surface area (TPSA) is 35.3 Å². The van der Waals surface area contributed by atoms with Gasteiger partial charge in [0.25, 0.3) is 0 Å². The molecule has 3 aromatic rings. The molecule has 0 aliphatic rings. The van der Waals surface area contributed by atoms with E-state index < -0.39 is 0 Å². The van der Waals surface area contributed by atoms with Crippen molar-refractivity contribution >= 4 is 34.9 Å². The third kappa shape index (κ3) is 3.49. The second-order valence-electron chi connectivity index (χ2n) is 4.78. The third-order valence-electron chi connectivity index (χ3n) is 3.17. The van der Waals surface area contributed by atoms with Gasteiger partial charge in [0.05, 0.1) is 6.61 Å². The van der Waals surface area contributed by atoms with E-state index in [1.165, 1.54) is 0 Å². The van der Waals surface area contributed by atoms with E-state index >= 15 is 0 Å². The van der Waals surface area contributed by atoms with Crippen LogP contribution in [0.3, 0.4) is 0 Å². The molecule has 0 amide bonds. The fraction of sp³-hybridized carbons (Fsp3) is 0.167. The predicted octanol–water partition coefficient (Wildman–Crippen LogP) is 5.01. The van der Waals surface area contributed by atoms with Crippen molar-refractivity contribution in [3.8, 4) is 5.75 Å². The average Bonchev–Trinajstić information content (AvgIpc) is 2.97. The number of hydrogen-bond donors (Lipinski definition) is 0. The van der Waals surface area contributed by atoms with Crippen LogP contribution in [0.4, 0.5) is 0 Å². The molecule has 0 bridgehead atoms. The molecule has 2 aromatic carbocycles. The first-order valence-electron chi connectivity index (χ1n) is 7.18. The van der Waals surface area contributed by atoms with Crippen molar-refractivity contribution in [3.05, 3.63) is 60.0 Å². The van der Waals surface area contributed by atoms with Gasteiger partial charge >= 0.3 is 0 Å². The minimum atomic E-state index is 0.580. The van der Waals surface area contributed by atoms with Crippen molar-refractivity contribution in [2.45, 2.75) is 6.42 Å². The zero-order valence-electron chi connectivity index (χ0n) is 12.0. The second kappa shape index (κ2) is 7.14. The molecule has 0 spiro atoms. The molecule has 4 heteroatoms. The number of hydrogen-bond acceptors (Lipinski definition) is 3. The quantitative estimate of drug-likeness (QED) is 0.474. The highest BCUT2D eigenvalue weighted by atomic mass is 35.5. The Kier molecular flexibility index (Phi) is 4.76. The van der Waals surface area contributed by atoms with Gasteiger partial charge in [0, 0.05) is 17.5 Å². The van der Waals surface area contributed by atoms with E-state index in [9.17, 15) is 0 Å². The molecule has 0 N–H and O–H groups in total. The van der Waals surface area contributed by atoms with Gasteiger partial charge in [-0.05, 0) is 30.7 Å². The summed E-state index contributed by atoms with van der Waals surface area (Å²) >= 11 is 5.67. The lowest BCUT2D eigenvalue weighted by molar-refractivity contribution is 0.317. The number of halogens is 1. The Morgan fingerprint density at radius 2 is 1.86 bits per heavy atom. The van der Waals surface area contributed by atoms with Crippen LogP contribution in [0.25, 0.3) is 23.3 Å². The Labute approximate surface area is 134 Å². The van der Waals surface area contributed by atoms with E-state index in [0.717, 1.165) is 28.8 Å². The molecule has 112 valence electrons. The summed E-state index contributed by atoms with van der Waals surface area (Å²) in [6.45, 7) is 0.608. The number of ether oxygens (including phenoxy) is 1. The van der Waals surface area contributed by atoms with Crippen molar-refractivity contribution < 1.29 is 9.15 Å². The Morgan fingerprint density at radius 3 is 2.73 bits per heavy atom. The first kappa shape index (κ1) is 14.7. The summed E-state index contributed by atoms with van der Waals surface area (Å²) in [6, 6.07) is 15.6. The summed E-state index contributed by atoms with van der Waals surface area (Å²) in [5.74, 6) is 2.01. The van der Waals surface area contributed by atoms with Gasteiger partial charge in [-0.2, -0.15) is 0 Å². The number of para-hydroxylation sites is 3. The van der Waals surface area contributed by atoms with Crippen molar-refractivity contribution in [2.24, 2.45) is 0 Å². The summed E-state index contributed by atoms with van der Waals surface area (Å²) in [5.41, 5.74) is 2.63. The SMILES string of the molecule is ClCCCOc1ccccc1/C=C/c1nc2ccccc2o1. The van der Waals surface area contributed by atoms with Crippen LogP contribution in [-0.2, 0) is 0 Å². The third-order valence-corrected chi connectivity index (χ3v) is 3.44. The fourth-order valence-electron chi connectivity index (χ4n) is 2.11. The Bertz CT molecular complexity index is 746. The lowest BCUT2D eigenvalue weighted by atomic mass is 10.2. The lowest BCUT2D eigenvalue weighted by Gasteiger charge is -2.07. The van der Waals surface area contributed by atoms with Crippen LogP contribution in [0.2, 0.25) is 0 Å². The summed E-state index contributed by atoms with van der Waals surface area (Å²) in [5, 5.41) is 0. The molecule has 0 aliphatic heterocycles. The summed E-state index contributed by atoms with van der Waals surface area (Å²) in [4.78, 5) is 4.42. The maximum absolute atomic E-state index is 5.74. The molecule has 0 radical (unpaired) electrons. The van der Waals surface area contributed by atoms with Crippen LogP contribution in [0, 0.1) is 0 Å². The molecular formula is C18H16ClNO2. The molecule has 0 unspecified atom stereocenters. The summed E-state index contributed by atoms with van der Waals surface area (Å²) < 4.78 is 11.4. The molecule has 1 heterocycles. The van der Waals surface area contributed by atoms with Gasteiger partial charge in [-0.15, -0.1) is 11.6 Å². The highest BCUT2D eigenvalue weighted by molar-refractivity contribution is 6.17. The number of fused-ring (bicyclic) bond motifs is 1. The van der Waals surface area contributed by atoms with Crippen LogP contribution < -0.4 is 4.74 Å². The van der Waals surface area contributed by atoms with Crippen molar-refractivity contribution in [3.63, 3.8) is 0 Å². The van der Waals surface area contributed by atoms with E-state index in [1.54, 1.807) is 0 Å². The van der Waals surface area contributed by atoms with E-state index in [-0.39, 0.29) is 0 Å². The normalized spacial score (nSPS) is 11.3. The largest absolute Gasteiger partial charge is 0.493 e. The number of nitrogens with zero attached hydrogens (tertiary/aromatic N) is 1. The first-order valence-corrected chi connectivity index (χ1v) is 7.72. The average molecular weight is 314 g/mol. The van der Waals surface area contributed by atoms with E-state index in [4.69, 9.17) is 20.8 Å². The molecule has 0 saturated carbocycles. The predicted molar refractivity (Wildman–Crippen MR) is 90.2 cm³/mol. The van der Waals surface area contributed by atoms with Gasteiger partial charge in [0.15, 0.2) is 5.58 Å². The number of rotatable bonds is 6. The zero-order valence-corrected chi connectivity index (χ0v) is 12.8. The molecule has 3 rings (SSSR count). The summed E-state index contributed by atoms with van der Waals surface area (Å²) in [6.07, 6.45) is 4.62. The van der Waals surface area contributed by atoms with Crippen LogP contribution in [0.15, 0.2) is 52.9 Å². The van der Waals surface area contributed by atoms with Crippen molar-refractivity contribution in [2.75, 3.05) is 12.5 Å². The van der Waals surface area contributed by atoms with Crippen LogP contribution in [0.1, 0.15) is 17.9 Å². The number of oxazole rings is 1. The number of alkyl halides is 1. The number of aromatic nitrogens is 1. The van der Waals surface area contributed by atoms with Gasteiger partial charge in [-0.25, -0.2) is 4.98 Å². The molecular weight excluding hydrogens is 298 g/mol. The van der Waals surface area contributed by atoms with Crippen LogP contribution in [0.5, 0.6) is 5.75 Å². The lowest BCUT2D eigenvalue weighted by Crippen LogP contribution is -1.98. The Balaban J connectivity index is 1.79. The molecule has 22 heavy (non-hydrogen) atoms.